The van der Waals surface area contributed by atoms with Crippen LogP contribution in [0.4, 0.5) is 10.3 Å². The van der Waals surface area contributed by atoms with Crippen molar-refractivity contribution >= 4 is 16.0 Å². The van der Waals surface area contributed by atoms with Crippen LogP contribution in [0, 0.1) is 5.82 Å². The molecule has 1 aliphatic rings. The standard InChI is InChI=1S/C13H17FN6O2S/c1-19-13(15-17-18-19)20-7-5-11(6-8-20)16-23(21,22)12-4-2-3-10(14)9-12/h2-4,9,11,16H,5-8H2,1H3. The molecule has 1 aliphatic heterocycles. The summed E-state index contributed by atoms with van der Waals surface area (Å²) in [5.41, 5.74) is 0. The Morgan fingerprint density at radius 3 is 2.65 bits per heavy atom. The van der Waals surface area contributed by atoms with Crippen LogP contribution in [-0.4, -0.2) is 47.8 Å². The minimum Gasteiger partial charge on any atom is -0.340 e. The van der Waals surface area contributed by atoms with Crippen LogP contribution < -0.4 is 9.62 Å². The molecule has 8 nitrogen and oxygen atoms in total. The van der Waals surface area contributed by atoms with Gasteiger partial charge < -0.3 is 4.90 Å². The van der Waals surface area contributed by atoms with Crippen molar-refractivity contribution in [3.63, 3.8) is 0 Å². The molecule has 124 valence electrons. The molecule has 0 amide bonds. The first kappa shape index (κ1) is 15.8. The first-order valence-corrected chi connectivity index (χ1v) is 8.69. The summed E-state index contributed by atoms with van der Waals surface area (Å²) in [7, 11) is -1.96. The van der Waals surface area contributed by atoms with Crippen molar-refractivity contribution in [3.05, 3.63) is 30.1 Å². The Bertz CT molecular complexity index is 785. The maximum absolute atomic E-state index is 13.2. The summed E-state index contributed by atoms with van der Waals surface area (Å²) < 4.78 is 42.0. The van der Waals surface area contributed by atoms with Crippen molar-refractivity contribution in [2.24, 2.45) is 7.05 Å². The second kappa shape index (κ2) is 6.20. The Kier molecular flexibility index (Phi) is 4.26. The van der Waals surface area contributed by atoms with Gasteiger partial charge in [0.15, 0.2) is 0 Å². The summed E-state index contributed by atoms with van der Waals surface area (Å²) in [5, 5.41) is 11.3. The number of aromatic nitrogens is 4. The van der Waals surface area contributed by atoms with Gasteiger partial charge in [-0.05, 0) is 41.5 Å². The molecule has 0 bridgehead atoms. The maximum atomic E-state index is 13.2. The van der Waals surface area contributed by atoms with E-state index >= 15 is 0 Å². The van der Waals surface area contributed by atoms with Crippen molar-refractivity contribution in [1.82, 2.24) is 24.9 Å². The highest BCUT2D eigenvalue weighted by Crippen LogP contribution is 2.18. The summed E-state index contributed by atoms with van der Waals surface area (Å²) in [6, 6.07) is 4.80. The van der Waals surface area contributed by atoms with Gasteiger partial charge in [-0.25, -0.2) is 22.2 Å². The Balaban J connectivity index is 1.63. The fourth-order valence-corrected chi connectivity index (χ4v) is 3.95. The fourth-order valence-electron chi connectivity index (χ4n) is 2.61. The van der Waals surface area contributed by atoms with Gasteiger partial charge in [0.05, 0.1) is 4.90 Å². The minimum atomic E-state index is -3.72. The quantitative estimate of drug-likeness (QED) is 0.860. The SMILES string of the molecule is Cn1nnnc1N1CCC(NS(=O)(=O)c2cccc(F)c2)CC1. The van der Waals surface area contributed by atoms with E-state index in [1.165, 1.54) is 18.2 Å². The number of hydrogen-bond donors (Lipinski definition) is 1. The third-order valence-electron chi connectivity index (χ3n) is 3.80. The van der Waals surface area contributed by atoms with Crippen LogP contribution in [0.5, 0.6) is 0 Å². The molecule has 0 saturated carbocycles. The topological polar surface area (TPSA) is 93.0 Å². The number of halogens is 1. The van der Waals surface area contributed by atoms with E-state index in [9.17, 15) is 12.8 Å². The van der Waals surface area contributed by atoms with Crippen LogP contribution in [0.3, 0.4) is 0 Å². The molecule has 2 aromatic rings. The fraction of sp³-hybridized carbons (Fsp3) is 0.462. The second-order valence-electron chi connectivity index (χ2n) is 5.44. The van der Waals surface area contributed by atoms with E-state index in [0.29, 0.717) is 31.9 Å². The van der Waals surface area contributed by atoms with Gasteiger partial charge in [-0.2, -0.15) is 0 Å². The van der Waals surface area contributed by atoms with Crippen LogP contribution in [-0.2, 0) is 17.1 Å². The van der Waals surface area contributed by atoms with Gasteiger partial charge in [0.1, 0.15) is 5.82 Å². The van der Waals surface area contributed by atoms with E-state index < -0.39 is 15.8 Å². The second-order valence-corrected chi connectivity index (χ2v) is 7.16. The first-order valence-electron chi connectivity index (χ1n) is 7.21. The van der Waals surface area contributed by atoms with Crippen LogP contribution in [0.15, 0.2) is 29.2 Å². The largest absolute Gasteiger partial charge is 0.340 e. The number of tetrazole rings is 1. The van der Waals surface area contributed by atoms with E-state index in [1.807, 2.05) is 4.90 Å². The predicted octanol–water partition coefficient (Wildman–Crippen LogP) is 0.296. The van der Waals surface area contributed by atoms with Gasteiger partial charge in [-0.1, -0.05) is 11.2 Å². The van der Waals surface area contributed by atoms with Gasteiger partial charge in [0, 0.05) is 26.2 Å². The molecular formula is C13H17FN6O2S. The number of benzene rings is 1. The maximum Gasteiger partial charge on any atom is 0.245 e. The van der Waals surface area contributed by atoms with Crippen molar-refractivity contribution in [1.29, 1.82) is 0 Å². The average Bonchev–Trinajstić information content (AvgIpc) is 2.94. The number of sulfonamides is 1. The molecule has 0 aliphatic carbocycles. The first-order chi connectivity index (χ1) is 11.0. The smallest absolute Gasteiger partial charge is 0.245 e. The number of aryl methyl sites for hydroxylation is 1. The zero-order chi connectivity index (χ0) is 16.4. The highest BCUT2D eigenvalue weighted by Gasteiger charge is 2.26. The summed E-state index contributed by atoms with van der Waals surface area (Å²) in [6.45, 7) is 1.29. The predicted molar refractivity (Wildman–Crippen MR) is 80.8 cm³/mol. The van der Waals surface area contributed by atoms with Gasteiger partial charge in [-0.15, -0.1) is 0 Å². The van der Waals surface area contributed by atoms with Crippen LogP contribution >= 0.6 is 0 Å². The lowest BCUT2D eigenvalue weighted by Crippen LogP contribution is -2.45. The third-order valence-corrected chi connectivity index (χ3v) is 5.32. The Hall–Kier alpha value is -2.07. The zero-order valence-corrected chi connectivity index (χ0v) is 13.4. The lowest BCUT2D eigenvalue weighted by molar-refractivity contribution is 0.453. The van der Waals surface area contributed by atoms with E-state index in [1.54, 1.807) is 11.7 Å². The molecule has 1 fully saturated rings. The van der Waals surface area contributed by atoms with Gasteiger partial charge in [-0.3, -0.25) is 0 Å². The number of nitrogens with zero attached hydrogens (tertiary/aromatic N) is 5. The molecule has 1 aromatic carbocycles. The molecule has 2 heterocycles. The molecular weight excluding hydrogens is 323 g/mol. The molecule has 10 heteroatoms. The Labute approximate surface area is 133 Å². The molecule has 0 spiro atoms. The number of hydrogen-bond acceptors (Lipinski definition) is 6. The van der Waals surface area contributed by atoms with Crippen molar-refractivity contribution in [2.45, 2.75) is 23.8 Å². The molecule has 23 heavy (non-hydrogen) atoms. The number of rotatable bonds is 4. The molecule has 0 radical (unpaired) electrons. The molecule has 0 unspecified atom stereocenters. The summed E-state index contributed by atoms with van der Waals surface area (Å²) in [4.78, 5) is 1.95. The van der Waals surface area contributed by atoms with E-state index in [4.69, 9.17) is 0 Å². The lowest BCUT2D eigenvalue weighted by Gasteiger charge is -2.32. The van der Waals surface area contributed by atoms with E-state index in [-0.39, 0.29) is 10.9 Å². The van der Waals surface area contributed by atoms with E-state index in [2.05, 4.69) is 20.2 Å². The van der Waals surface area contributed by atoms with Crippen LogP contribution in [0.2, 0.25) is 0 Å². The van der Waals surface area contributed by atoms with Gasteiger partial charge in [0.2, 0.25) is 16.0 Å². The summed E-state index contributed by atoms with van der Waals surface area (Å²) >= 11 is 0. The molecule has 3 rings (SSSR count). The van der Waals surface area contributed by atoms with Crippen molar-refractivity contribution in [2.75, 3.05) is 18.0 Å². The molecule has 0 atom stereocenters. The molecule has 1 N–H and O–H groups in total. The van der Waals surface area contributed by atoms with Crippen molar-refractivity contribution in [3.8, 4) is 0 Å². The Morgan fingerprint density at radius 2 is 2.04 bits per heavy atom. The molecule has 1 saturated heterocycles. The highest BCUT2D eigenvalue weighted by molar-refractivity contribution is 7.89. The molecule has 1 aromatic heterocycles. The summed E-state index contributed by atoms with van der Waals surface area (Å²) in [5.74, 6) is 0.0916. The normalized spacial score (nSPS) is 16.7. The summed E-state index contributed by atoms with van der Waals surface area (Å²) in [6.07, 6.45) is 1.25. The zero-order valence-electron chi connectivity index (χ0n) is 12.6. The minimum absolute atomic E-state index is 0.0579. The van der Waals surface area contributed by atoms with Gasteiger partial charge in [0.25, 0.3) is 0 Å². The average molecular weight is 340 g/mol. The van der Waals surface area contributed by atoms with Crippen LogP contribution in [0.1, 0.15) is 12.8 Å². The monoisotopic (exact) mass is 340 g/mol. The lowest BCUT2D eigenvalue weighted by atomic mass is 10.1. The third kappa shape index (κ3) is 3.48. The van der Waals surface area contributed by atoms with E-state index in [0.717, 1.165) is 6.07 Å². The number of nitrogens with one attached hydrogen (secondary N) is 1. The number of anilines is 1. The Morgan fingerprint density at radius 1 is 1.30 bits per heavy atom. The van der Waals surface area contributed by atoms with Crippen LogP contribution in [0.25, 0.3) is 0 Å². The van der Waals surface area contributed by atoms with Gasteiger partial charge >= 0.3 is 0 Å². The number of piperidine rings is 1. The van der Waals surface area contributed by atoms with Crippen molar-refractivity contribution < 1.29 is 12.8 Å². The highest BCUT2D eigenvalue weighted by atomic mass is 32.2.